The molecule has 1 aromatic heterocycles. The van der Waals surface area contributed by atoms with Crippen LogP contribution < -0.4 is 5.32 Å². The van der Waals surface area contributed by atoms with E-state index in [1.807, 2.05) is 11.8 Å². The number of nitrogens with one attached hydrogen (secondary N) is 1. The highest BCUT2D eigenvalue weighted by molar-refractivity contribution is 6.42. The number of hydrogen-bond donors (Lipinski definition) is 1. The molecule has 2 aliphatic rings. The van der Waals surface area contributed by atoms with Gasteiger partial charge in [-0.25, -0.2) is 4.68 Å². The van der Waals surface area contributed by atoms with Crippen molar-refractivity contribution >= 4 is 34.9 Å². The van der Waals surface area contributed by atoms with Gasteiger partial charge in [0, 0.05) is 24.4 Å². The Morgan fingerprint density at radius 1 is 1.26 bits per heavy atom. The molecule has 1 unspecified atom stereocenters. The van der Waals surface area contributed by atoms with E-state index in [9.17, 15) is 18.0 Å². The number of carbonyl (C=O) groups is 1. The summed E-state index contributed by atoms with van der Waals surface area (Å²) in [6.07, 6.45) is -2.00. The molecule has 3 heterocycles. The minimum atomic E-state index is -4.62. The van der Waals surface area contributed by atoms with Crippen molar-refractivity contribution in [2.75, 3.05) is 11.9 Å². The summed E-state index contributed by atoms with van der Waals surface area (Å²) in [5.74, 6) is -0.0500. The van der Waals surface area contributed by atoms with Gasteiger partial charge in [-0.3, -0.25) is 4.79 Å². The van der Waals surface area contributed by atoms with Gasteiger partial charge in [0.2, 0.25) is 0 Å². The second-order valence-corrected chi connectivity index (χ2v) is 8.61. The maximum Gasteiger partial charge on any atom is 0.435 e. The van der Waals surface area contributed by atoms with E-state index < -0.39 is 17.9 Å². The summed E-state index contributed by atoms with van der Waals surface area (Å²) in [6.45, 7) is 4.33. The standard InChI is InChI=1S/C21H21Cl2F3N4O/c1-3-13-5-4-8-29(13)20(31)18-11(2)27-17-10-16(21(24,25)26)28-30(17)19(18)12-6-7-14(22)15(23)9-12/h6-7,9-10,13,19,27H,3-5,8H2,1-2H3/t13-,19?/m1/s1. The van der Waals surface area contributed by atoms with Gasteiger partial charge in [-0.15, -0.1) is 0 Å². The number of rotatable bonds is 3. The molecule has 2 atom stereocenters. The number of amides is 1. The molecule has 0 radical (unpaired) electrons. The smallest absolute Gasteiger partial charge is 0.344 e. The summed E-state index contributed by atoms with van der Waals surface area (Å²) in [5.41, 5.74) is 0.338. The molecule has 1 saturated heterocycles. The fraction of sp³-hybridized carbons (Fsp3) is 0.429. The largest absolute Gasteiger partial charge is 0.435 e. The normalized spacial score (nSPS) is 21.3. The van der Waals surface area contributed by atoms with Gasteiger partial charge < -0.3 is 10.2 Å². The molecule has 0 spiro atoms. The Balaban J connectivity index is 1.86. The quantitative estimate of drug-likeness (QED) is 0.604. The fourth-order valence-corrected chi connectivity index (χ4v) is 4.67. The first-order valence-corrected chi connectivity index (χ1v) is 10.8. The van der Waals surface area contributed by atoms with Gasteiger partial charge in [-0.1, -0.05) is 36.2 Å². The van der Waals surface area contributed by atoms with Crippen molar-refractivity contribution in [3.63, 3.8) is 0 Å². The Kier molecular flexibility index (Phi) is 5.72. The minimum Gasteiger partial charge on any atom is -0.344 e. The number of anilines is 1. The molecular weight excluding hydrogens is 452 g/mol. The summed E-state index contributed by atoms with van der Waals surface area (Å²) in [4.78, 5) is 15.4. The van der Waals surface area contributed by atoms with Crippen molar-refractivity contribution in [3.05, 3.63) is 56.8 Å². The van der Waals surface area contributed by atoms with Gasteiger partial charge in [-0.05, 0) is 43.9 Å². The molecule has 1 fully saturated rings. The molecule has 1 aromatic carbocycles. The maximum atomic E-state index is 13.6. The molecule has 4 rings (SSSR count). The first kappa shape index (κ1) is 22.0. The van der Waals surface area contributed by atoms with Gasteiger partial charge >= 0.3 is 6.18 Å². The second-order valence-electron chi connectivity index (χ2n) is 7.80. The molecule has 31 heavy (non-hydrogen) atoms. The lowest BCUT2D eigenvalue weighted by atomic mass is 9.94. The Morgan fingerprint density at radius 3 is 2.65 bits per heavy atom. The van der Waals surface area contributed by atoms with Crippen molar-refractivity contribution in [2.24, 2.45) is 0 Å². The predicted octanol–water partition coefficient (Wildman–Crippen LogP) is 5.90. The van der Waals surface area contributed by atoms with E-state index in [-0.39, 0.29) is 22.8 Å². The van der Waals surface area contributed by atoms with E-state index >= 15 is 0 Å². The number of fused-ring (bicyclic) bond motifs is 1. The zero-order valence-corrected chi connectivity index (χ0v) is 18.4. The number of nitrogens with zero attached hydrogens (tertiary/aromatic N) is 3. The number of carbonyl (C=O) groups excluding carboxylic acids is 1. The summed E-state index contributed by atoms with van der Waals surface area (Å²) in [7, 11) is 0. The summed E-state index contributed by atoms with van der Waals surface area (Å²) >= 11 is 12.3. The molecule has 10 heteroatoms. The van der Waals surface area contributed by atoms with E-state index in [1.165, 1.54) is 4.68 Å². The summed E-state index contributed by atoms with van der Waals surface area (Å²) < 4.78 is 41.4. The third-order valence-electron chi connectivity index (χ3n) is 5.86. The van der Waals surface area contributed by atoms with Gasteiger partial charge in [0.25, 0.3) is 5.91 Å². The number of aromatic nitrogens is 2. The van der Waals surface area contributed by atoms with Crippen LogP contribution in [0.25, 0.3) is 0 Å². The average Bonchev–Trinajstić information content (AvgIpc) is 3.35. The predicted molar refractivity (Wildman–Crippen MR) is 113 cm³/mol. The van der Waals surface area contributed by atoms with E-state index in [1.54, 1.807) is 25.1 Å². The lowest BCUT2D eigenvalue weighted by Gasteiger charge is -2.33. The van der Waals surface area contributed by atoms with Gasteiger partial charge in [0.15, 0.2) is 5.69 Å². The van der Waals surface area contributed by atoms with Crippen molar-refractivity contribution in [3.8, 4) is 0 Å². The second kappa shape index (κ2) is 8.06. The van der Waals surface area contributed by atoms with E-state index in [2.05, 4.69) is 10.4 Å². The lowest BCUT2D eigenvalue weighted by Crippen LogP contribution is -2.40. The molecule has 0 saturated carbocycles. The monoisotopic (exact) mass is 472 g/mol. The number of halogens is 5. The van der Waals surface area contributed by atoms with Crippen LogP contribution in [0.4, 0.5) is 19.0 Å². The van der Waals surface area contributed by atoms with Crippen molar-refractivity contribution in [1.82, 2.24) is 14.7 Å². The van der Waals surface area contributed by atoms with Gasteiger partial charge in [-0.2, -0.15) is 18.3 Å². The van der Waals surface area contributed by atoms with Crippen LogP contribution in [0, 0.1) is 0 Å². The third kappa shape index (κ3) is 3.91. The molecule has 2 aliphatic heterocycles. The van der Waals surface area contributed by atoms with Crippen LogP contribution in [0.5, 0.6) is 0 Å². The number of benzene rings is 1. The van der Waals surface area contributed by atoms with Crippen LogP contribution in [0.15, 0.2) is 35.5 Å². The highest BCUT2D eigenvalue weighted by Crippen LogP contribution is 2.41. The first-order chi connectivity index (χ1) is 14.6. The van der Waals surface area contributed by atoms with Crippen LogP contribution in [-0.4, -0.2) is 33.2 Å². The van der Waals surface area contributed by atoms with E-state index in [4.69, 9.17) is 23.2 Å². The van der Waals surface area contributed by atoms with E-state index in [0.717, 1.165) is 25.3 Å². The molecule has 1 amide bonds. The molecule has 2 aromatic rings. The summed E-state index contributed by atoms with van der Waals surface area (Å²) in [6, 6.07) is 4.97. The topological polar surface area (TPSA) is 50.2 Å². The SMILES string of the molecule is CC[C@@H]1CCCN1C(=O)C1=C(C)Nc2cc(C(F)(F)F)nn2C1c1ccc(Cl)c(Cl)c1. The van der Waals surface area contributed by atoms with Crippen molar-refractivity contribution in [1.29, 1.82) is 0 Å². The number of alkyl halides is 3. The van der Waals surface area contributed by atoms with E-state index in [0.29, 0.717) is 28.4 Å². The third-order valence-corrected chi connectivity index (χ3v) is 6.60. The Morgan fingerprint density at radius 2 is 2.00 bits per heavy atom. The Bertz CT molecular complexity index is 1060. The number of hydrogen-bond acceptors (Lipinski definition) is 3. The molecule has 166 valence electrons. The zero-order chi connectivity index (χ0) is 22.5. The van der Waals surface area contributed by atoms with Crippen LogP contribution in [0.2, 0.25) is 10.0 Å². The maximum absolute atomic E-state index is 13.6. The van der Waals surface area contributed by atoms with Crippen LogP contribution in [0.3, 0.4) is 0 Å². The summed E-state index contributed by atoms with van der Waals surface area (Å²) in [5, 5.41) is 7.32. The lowest BCUT2D eigenvalue weighted by molar-refractivity contribution is -0.141. The molecular formula is C21H21Cl2F3N4O. The Hall–Kier alpha value is -2.19. The van der Waals surface area contributed by atoms with Gasteiger partial charge in [0.1, 0.15) is 11.9 Å². The first-order valence-electron chi connectivity index (χ1n) is 10.0. The van der Waals surface area contributed by atoms with Crippen LogP contribution in [-0.2, 0) is 11.0 Å². The number of allylic oxidation sites excluding steroid dienone is 1. The molecule has 5 nitrogen and oxygen atoms in total. The molecule has 0 bridgehead atoms. The van der Waals surface area contributed by atoms with Crippen molar-refractivity contribution < 1.29 is 18.0 Å². The fourth-order valence-electron chi connectivity index (χ4n) is 4.36. The molecule has 1 N–H and O–H groups in total. The van der Waals surface area contributed by atoms with Crippen LogP contribution >= 0.6 is 23.2 Å². The highest BCUT2D eigenvalue weighted by Gasteiger charge is 2.41. The average molecular weight is 473 g/mol. The van der Waals surface area contributed by atoms with Gasteiger partial charge in [0.05, 0.1) is 15.6 Å². The number of likely N-dealkylation sites (tertiary alicyclic amines) is 1. The minimum absolute atomic E-state index is 0.104. The van der Waals surface area contributed by atoms with Crippen molar-refractivity contribution in [2.45, 2.75) is 51.4 Å². The highest BCUT2D eigenvalue weighted by atomic mass is 35.5. The van der Waals surface area contributed by atoms with Crippen LogP contribution in [0.1, 0.15) is 50.4 Å². The Labute approximate surface area is 187 Å². The molecule has 0 aliphatic carbocycles. The zero-order valence-electron chi connectivity index (χ0n) is 16.9.